The first-order valence-corrected chi connectivity index (χ1v) is 7.58. The van der Waals surface area contributed by atoms with Crippen LogP contribution in [0.5, 0.6) is 0 Å². The van der Waals surface area contributed by atoms with E-state index < -0.39 is 0 Å². The number of hydrogen-bond donors (Lipinski definition) is 0. The van der Waals surface area contributed by atoms with Crippen molar-refractivity contribution in [2.24, 2.45) is 4.99 Å². The lowest BCUT2D eigenvalue weighted by atomic mass is 9.75. The summed E-state index contributed by atoms with van der Waals surface area (Å²) in [5.41, 5.74) is 4.12. The van der Waals surface area contributed by atoms with Gasteiger partial charge >= 0.3 is 0 Å². The van der Waals surface area contributed by atoms with Crippen LogP contribution in [0.4, 0.5) is 0 Å². The Bertz CT molecular complexity index is 730. The lowest BCUT2D eigenvalue weighted by Gasteiger charge is -2.38. The van der Waals surface area contributed by atoms with Gasteiger partial charge in [-0.3, -0.25) is 4.79 Å². The van der Waals surface area contributed by atoms with Crippen LogP contribution < -0.4 is 0 Å². The molecule has 112 valence electrons. The largest absolute Gasteiger partial charge is 0.492 e. The van der Waals surface area contributed by atoms with E-state index in [2.05, 4.69) is 24.0 Å². The van der Waals surface area contributed by atoms with E-state index in [0.29, 0.717) is 25.2 Å². The van der Waals surface area contributed by atoms with E-state index in [1.165, 1.54) is 17.5 Å². The lowest BCUT2D eigenvalue weighted by Crippen LogP contribution is -2.36. The number of Topliss-reactive ketones (excluding diaryl/α,β-unsaturated/α-hetero) is 1. The summed E-state index contributed by atoms with van der Waals surface area (Å²) >= 11 is 0. The third-order valence-corrected chi connectivity index (χ3v) is 4.61. The summed E-state index contributed by atoms with van der Waals surface area (Å²) in [6.07, 6.45) is 4.24. The van der Waals surface area contributed by atoms with Gasteiger partial charge in [0.2, 0.25) is 0 Å². The summed E-state index contributed by atoms with van der Waals surface area (Å²) < 4.78 is 11.6. The number of aliphatic imine (C=N–C) groups is 1. The molecule has 1 aliphatic carbocycles. The normalized spacial score (nSPS) is 26.6. The minimum atomic E-state index is -0.136. The van der Waals surface area contributed by atoms with Crippen molar-refractivity contribution < 1.29 is 14.3 Å². The first-order valence-electron chi connectivity index (χ1n) is 7.58. The molecule has 1 aromatic rings. The molecule has 2 unspecified atom stereocenters. The van der Waals surface area contributed by atoms with Crippen molar-refractivity contribution in [3.63, 3.8) is 0 Å². The Kier molecular flexibility index (Phi) is 3.10. The van der Waals surface area contributed by atoms with E-state index >= 15 is 0 Å². The molecule has 1 aromatic carbocycles. The van der Waals surface area contributed by atoms with Gasteiger partial charge in [-0.25, -0.2) is 4.99 Å². The van der Waals surface area contributed by atoms with Gasteiger partial charge in [-0.15, -0.1) is 0 Å². The van der Waals surface area contributed by atoms with Gasteiger partial charge in [0.1, 0.15) is 11.9 Å². The van der Waals surface area contributed by atoms with Crippen LogP contribution >= 0.6 is 0 Å². The summed E-state index contributed by atoms with van der Waals surface area (Å²) in [4.78, 5) is 16.4. The molecular formula is C18H17NO3. The quantitative estimate of drug-likeness (QED) is 0.800. The van der Waals surface area contributed by atoms with E-state index in [-0.39, 0.29) is 17.8 Å². The van der Waals surface area contributed by atoms with Crippen LogP contribution in [0.2, 0.25) is 0 Å². The van der Waals surface area contributed by atoms with Gasteiger partial charge in [-0.05, 0) is 24.5 Å². The molecule has 4 nitrogen and oxygen atoms in total. The zero-order valence-corrected chi connectivity index (χ0v) is 12.4. The minimum Gasteiger partial charge on any atom is -0.492 e. The summed E-state index contributed by atoms with van der Waals surface area (Å²) in [6.45, 7) is 2.54. The van der Waals surface area contributed by atoms with Crippen LogP contribution in [0, 0.1) is 6.92 Å². The van der Waals surface area contributed by atoms with Gasteiger partial charge in [0, 0.05) is 24.1 Å². The fraction of sp³-hybridized carbons (Fsp3) is 0.333. The highest BCUT2D eigenvalue weighted by Gasteiger charge is 2.42. The molecule has 2 aliphatic heterocycles. The molecule has 22 heavy (non-hydrogen) atoms. The second-order valence-corrected chi connectivity index (χ2v) is 5.89. The number of nitrogens with zero attached hydrogens (tertiary/aromatic N) is 1. The van der Waals surface area contributed by atoms with Crippen molar-refractivity contribution in [3.05, 3.63) is 58.5 Å². The van der Waals surface area contributed by atoms with Crippen molar-refractivity contribution in [1.82, 2.24) is 0 Å². The van der Waals surface area contributed by atoms with Crippen molar-refractivity contribution in [1.29, 1.82) is 0 Å². The number of hydrogen-bond acceptors (Lipinski definition) is 4. The van der Waals surface area contributed by atoms with Crippen molar-refractivity contribution in [2.45, 2.75) is 31.8 Å². The Morgan fingerprint density at radius 1 is 1.27 bits per heavy atom. The number of ether oxygens (including phenoxy) is 2. The Morgan fingerprint density at radius 2 is 2.14 bits per heavy atom. The van der Waals surface area contributed by atoms with Crippen LogP contribution in [0.25, 0.3) is 0 Å². The highest BCUT2D eigenvalue weighted by atomic mass is 16.5. The lowest BCUT2D eigenvalue weighted by molar-refractivity contribution is -0.118. The van der Waals surface area contributed by atoms with Crippen LogP contribution in [0.1, 0.15) is 29.9 Å². The molecule has 4 heteroatoms. The first-order chi connectivity index (χ1) is 10.8. The van der Waals surface area contributed by atoms with Gasteiger partial charge in [0.15, 0.2) is 12.2 Å². The minimum absolute atomic E-state index is 0.114. The summed E-state index contributed by atoms with van der Waals surface area (Å²) in [5.74, 6) is 1.00. The molecule has 0 saturated heterocycles. The van der Waals surface area contributed by atoms with Crippen LogP contribution in [-0.2, 0) is 14.3 Å². The van der Waals surface area contributed by atoms with E-state index in [9.17, 15) is 4.79 Å². The van der Waals surface area contributed by atoms with Crippen LogP contribution in [-0.4, -0.2) is 24.9 Å². The number of benzene rings is 1. The molecule has 4 rings (SSSR count). The maximum atomic E-state index is 12.3. The Hall–Kier alpha value is -2.36. The Labute approximate surface area is 129 Å². The van der Waals surface area contributed by atoms with Crippen molar-refractivity contribution >= 4 is 12.2 Å². The first kappa shape index (κ1) is 13.3. The predicted molar refractivity (Wildman–Crippen MR) is 82.6 cm³/mol. The molecule has 0 N–H and O–H groups in total. The number of rotatable bonds is 1. The Morgan fingerprint density at radius 3 is 3.00 bits per heavy atom. The topological polar surface area (TPSA) is 47.9 Å². The maximum absolute atomic E-state index is 12.3. The van der Waals surface area contributed by atoms with Crippen molar-refractivity contribution in [3.8, 4) is 0 Å². The molecule has 0 aromatic heterocycles. The second kappa shape index (κ2) is 5.13. The maximum Gasteiger partial charge on any atom is 0.174 e. The van der Waals surface area contributed by atoms with Crippen LogP contribution in [0.3, 0.4) is 0 Å². The number of carbonyl (C=O) groups is 1. The van der Waals surface area contributed by atoms with Gasteiger partial charge in [0.05, 0.1) is 12.2 Å². The molecule has 2 heterocycles. The third-order valence-electron chi connectivity index (χ3n) is 4.61. The SMILES string of the molecule is Cc1ccccc1C1CC2=C(OCCC2=O)C2=CN=COC21. The molecule has 0 radical (unpaired) electrons. The zero-order valence-electron chi connectivity index (χ0n) is 12.4. The zero-order chi connectivity index (χ0) is 15.1. The average Bonchev–Trinajstić information content (AvgIpc) is 2.55. The molecule has 0 spiro atoms. The smallest absolute Gasteiger partial charge is 0.174 e. The van der Waals surface area contributed by atoms with E-state index in [0.717, 1.165) is 11.1 Å². The monoisotopic (exact) mass is 295 g/mol. The van der Waals surface area contributed by atoms with Gasteiger partial charge in [-0.2, -0.15) is 0 Å². The average molecular weight is 295 g/mol. The molecular weight excluding hydrogens is 278 g/mol. The second-order valence-electron chi connectivity index (χ2n) is 5.89. The number of carbonyl (C=O) groups excluding carboxylic acids is 1. The Balaban J connectivity index is 1.84. The van der Waals surface area contributed by atoms with Crippen molar-refractivity contribution in [2.75, 3.05) is 6.61 Å². The fourth-order valence-corrected chi connectivity index (χ4v) is 3.53. The van der Waals surface area contributed by atoms with E-state index in [1.54, 1.807) is 6.20 Å². The van der Waals surface area contributed by atoms with Gasteiger partial charge in [0.25, 0.3) is 0 Å². The highest BCUT2D eigenvalue weighted by Crippen LogP contribution is 2.45. The van der Waals surface area contributed by atoms with Crippen LogP contribution in [0.15, 0.2) is 52.4 Å². The molecule has 0 saturated carbocycles. The van der Waals surface area contributed by atoms with Gasteiger partial charge < -0.3 is 9.47 Å². The summed E-state index contributed by atoms with van der Waals surface area (Å²) in [6, 6.07) is 8.28. The molecule has 2 atom stereocenters. The molecule has 0 fully saturated rings. The van der Waals surface area contributed by atoms with E-state index in [1.807, 2.05) is 12.1 Å². The fourth-order valence-electron chi connectivity index (χ4n) is 3.53. The van der Waals surface area contributed by atoms with Gasteiger partial charge in [-0.1, -0.05) is 24.3 Å². The molecule has 0 amide bonds. The summed E-state index contributed by atoms with van der Waals surface area (Å²) in [7, 11) is 0. The number of fused-ring (bicyclic) bond motifs is 2. The highest BCUT2D eigenvalue weighted by molar-refractivity contribution is 5.98. The standard InChI is InChI=1S/C18H17NO3/c1-11-4-2-3-5-12(11)13-8-14-16(20)6-7-21-18(14)15-9-19-10-22-17(13)15/h2-5,9-10,13,17H,6-8H2,1H3. The summed E-state index contributed by atoms with van der Waals surface area (Å²) in [5, 5.41) is 0. The third kappa shape index (κ3) is 1.98. The predicted octanol–water partition coefficient (Wildman–Crippen LogP) is 3.04. The number of ketones is 1. The van der Waals surface area contributed by atoms with E-state index in [4.69, 9.17) is 9.47 Å². The number of aryl methyl sites for hydroxylation is 1. The number of allylic oxidation sites excluding steroid dienone is 1. The molecule has 3 aliphatic rings. The molecule has 0 bridgehead atoms.